The Morgan fingerprint density at radius 1 is 1.32 bits per heavy atom. The molecule has 1 aromatic carbocycles. The van der Waals surface area contributed by atoms with Crippen LogP contribution in [0.3, 0.4) is 0 Å². The van der Waals surface area contributed by atoms with E-state index in [0.29, 0.717) is 5.82 Å². The van der Waals surface area contributed by atoms with Crippen molar-refractivity contribution in [2.45, 2.75) is 6.42 Å². The number of benzene rings is 1. The molecule has 22 heavy (non-hydrogen) atoms. The number of H-pyrrole nitrogens is 1. The molecule has 0 spiro atoms. The first kappa shape index (κ1) is 14.2. The van der Waals surface area contributed by atoms with Crippen LogP contribution in [0.4, 0.5) is 0 Å². The molecule has 0 unspecified atom stereocenters. The van der Waals surface area contributed by atoms with E-state index in [4.69, 9.17) is 5.11 Å². The third kappa shape index (κ3) is 3.26. The molecule has 2 aromatic heterocycles. The van der Waals surface area contributed by atoms with Crippen molar-refractivity contribution in [2.24, 2.45) is 0 Å². The summed E-state index contributed by atoms with van der Waals surface area (Å²) in [5.74, 6) is -0.462. The lowest BCUT2D eigenvalue weighted by Gasteiger charge is -2.00. The van der Waals surface area contributed by atoms with Crippen molar-refractivity contribution < 1.29 is 9.90 Å². The van der Waals surface area contributed by atoms with Gasteiger partial charge in [-0.15, -0.1) is 21.5 Å². The summed E-state index contributed by atoms with van der Waals surface area (Å²) in [4.78, 5) is 12.6. The van der Waals surface area contributed by atoms with Crippen molar-refractivity contribution in [2.75, 3.05) is 0 Å². The number of aliphatic carboxylic acids is 1. The lowest BCUT2D eigenvalue weighted by atomic mass is 10.1. The Labute approximate surface area is 130 Å². The summed E-state index contributed by atoms with van der Waals surface area (Å²) in [7, 11) is 0. The number of thiophene rings is 1. The molecule has 2 N–H and O–H groups in total. The topological polar surface area (TPSA) is 91.8 Å². The van der Waals surface area contributed by atoms with Crippen molar-refractivity contribution in [3.05, 3.63) is 57.8 Å². The first-order chi connectivity index (χ1) is 10.7. The number of tetrazole rings is 1. The van der Waals surface area contributed by atoms with Crippen LogP contribution in [0.5, 0.6) is 0 Å². The fraction of sp³-hybridized carbons (Fsp3) is 0.0667. The number of nitrogens with one attached hydrogen (secondary N) is 1. The fourth-order valence-electron chi connectivity index (χ4n) is 2.06. The molecule has 3 rings (SSSR count). The molecule has 0 aliphatic carbocycles. The SMILES string of the molecule is O=C(O)/C=C\c1cc(-c2nn[nH]n2)c(Cc2ccccc2)s1. The van der Waals surface area contributed by atoms with Crippen molar-refractivity contribution >= 4 is 23.4 Å². The van der Waals surface area contributed by atoms with Gasteiger partial charge in [-0.25, -0.2) is 4.79 Å². The molecule has 0 amide bonds. The lowest BCUT2D eigenvalue weighted by molar-refractivity contribution is -0.131. The molecule has 0 aliphatic rings. The average Bonchev–Trinajstić information content (AvgIpc) is 3.15. The maximum atomic E-state index is 10.7. The number of hydrogen-bond acceptors (Lipinski definition) is 5. The number of aromatic amines is 1. The van der Waals surface area contributed by atoms with Crippen LogP contribution in [0.2, 0.25) is 0 Å². The lowest BCUT2D eigenvalue weighted by Crippen LogP contribution is -1.88. The molecule has 2 heterocycles. The minimum Gasteiger partial charge on any atom is -0.478 e. The van der Waals surface area contributed by atoms with Gasteiger partial charge < -0.3 is 5.11 Å². The van der Waals surface area contributed by atoms with Crippen LogP contribution in [-0.2, 0) is 11.2 Å². The normalized spacial score (nSPS) is 11.1. The first-order valence-corrected chi connectivity index (χ1v) is 7.35. The standard InChI is InChI=1S/C15H12N4O2S/c20-14(21)7-6-11-9-12(15-16-18-19-17-15)13(22-11)8-10-4-2-1-3-5-10/h1-7,9H,8H2,(H,20,21)(H,16,17,18,19)/b7-6-. The van der Waals surface area contributed by atoms with Gasteiger partial charge >= 0.3 is 5.97 Å². The Morgan fingerprint density at radius 2 is 2.14 bits per heavy atom. The van der Waals surface area contributed by atoms with Crippen molar-refractivity contribution in [1.29, 1.82) is 0 Å². The van der Waals surface area contributed by atoms with Gasteiger partial charge in [-0.1, -0.05) is 30.3 Å². The molecule has 0 fully saturated rings. The summed E-state index contributed by atoms with van der Waals surface area (Å²) in [5, 5.41) is 22.8. The highest BCUT2D eigenvalue weighted by Gasteiger charge is 2.14. The van der Waals surface area contributed by atoms with E-state index in [1.165, 1.54) is 16.9 Å². The van der Waals surface area contributed by atoms with Crippen molar-refractivity contribution in [1.82, 2.24) is 20.6 Å². The van der Waals surface area contributed by atoms with Crippen LogP contribution < -0.4 is 0 Å². The molecule has 110 valence electrons. The quantitative estimate of drug-likeness (QED) is 0.707. The van der Waals surface area contributed by atoms with Gasteiger partial charge in [0.05, 0.1) is 0 Å². The second-order valence-electron chi connectivity index (χ2n) is 4.55. The van der Waals surface area contributed by atoms with Crippen LogP contribution in [0.15, 0.2) is 42.5 Å². The summed E-state index contributed by atoms with van der Waals surface area (Å²) in [6.07, 6.45) is 3.43. The highest BCUT2D eigenvalue weighted by atomic mass is 32.1. The Kier molecular flexibility index (Phi) is 4.06. The smallest absolute Gasteiger partial charge is 0.328 e. The molecule has 7 heteroatoms. The number of carboxylic acids is 1. The van der Waals surface area contributed by atoms with Gasteiger partial charge in [0, 0.05) is 27.8 Å². The molecule has 3 aromatic rings. The number of nitrogens with zero attached hydrogens (tertiary/aromatic N) is 3. The van der Waals surface area contributed by atoms with E-state index in [-0.39, 0.29) is 0 Å². The number of carbonyl (C=O) groups is 1. The average molecular weight is 312 g/mol. The second-order valence-corrected chi connectivity index (χ2v) is 5.72. The van der Waals surface area contributed by atoms with Gasteiger partial charge in [0.2, 0.25) is 5.82 Å². The Morgan fingerprint density at radius 3 is 2.82 bits per heavy atom. The van der Waals surface area contributed by atoms with Gasteiger partial charge in [-0.2, -0.15) is 5.21 Å². The molecule has 0 bridgehead atoms. The first-order valence-electron chi connectivity index (χ1n) is 6.54. The third-order valence-electron chi connectivity index (χ3n) is 3.01. The Balaban J connectivity index is 1.97. The monoisotopic (exact) mass is 312 g/mol. The second kappa shape index (κ2) is 6.31. The zero-order valence-corrected chi connectivity index (χ0v) is 12.2. The molecule has 0 saturated carbocycles. The van der Waals surface area contributed by atoms with Crippen LogP contribution in [-0.4, -0.2) is 31.7 Å². The molecule has 0 atom stereocenters. The van der Waals surface area contributed by atoms with Gasteiger partial charge in [0.1, 0.15) is 0 Å². The van der Waals surface area contributed by atoms with Crippen LogP contribution in [0.25, 0.3) is 17.5 Å². The van der Waals surface area contributed by atoms with E-state index in [2.05, 4.69) is 20.6 Å². The van der Waals surface area contributed by atoms with E-state index < -0.39 is 5.97 Å². The minimum absolute atomic E-state index is 0.511. The van der Waals surface area contributed by atoms with E-state index in [9.17, 15) is 4.79 Å². The van der Waals surface area contributed by atoms with Crippen LogP contribution in [0, 0.1) is 0 Å². The third-order valence-corrected chi connectivity index (χ3v) is 4.11. The number of aromatic nitrogens is 4. The Hall–Kier alpha value is -2.80. The molecule has 0 aliphatic heterocycles. The zero-order chi connectivity index (χ0) is 15.4. The van der Waals surface area contributed by atoms with Crippen LogP contribution in [0.1, 0.15) is 15.3 Å². The molecule has 0 saturated heterocycles. The Bertz CT molecular complexity index is 794. The van der Waals surface area contributed by atoms with Gasteiger partial charge in [-0.05, 0) is 22.9 Å². The molecular formula is C15H12N4O2S. The van der Waals surface area contributed by atoms with E-state index in [1.807, 2.05) is 36.4 Å². The summed E-state index contributed by atoms with van der Waals surface area (Å²) in [6, 6.07) is 11.9. The highest BCUT2D eigenvalue weighted by Crippen LogP contribution is 2.32. The van der Waals surface area contributed by atoms with E-state index >= 15 is 0 Å². The van der Waals surface area contributed by atoms with E-state index in [0.717, 1.165) is 27.8 Å². The minimum atomic E-state index is -0.973. The van der Waals surface area contributed by atoms with Crippen LogP contribution >= 0.6 is 11.3 Å². The van der Waals surface area contributed by atoms with Crippen molar-refractivity contribution in [3.63, 3.8) is 0 Å². The number of hydrogen-bond donors (Lipinski definition) is 2. The predicted molar refractivity (Wildman–Crippen MR) is 83.4 cm³/mol. The highest BCUT2D eigenvalue weighted by molar-refractivity contribution is 7.13. The van der Waals surface area contributed by atoms with Gasteiger partial charge in [0.25, 0.3) is 0 Å². The maximum absolute atomic E-state index is 10.7. The zero-order valence-electron chi connectivity index (χ0n) is 11.4. The summed E-state index contributed by atoms with van der Waals surface area (Å²) >= 11 is 1.52. The number of carboxylic acid groups (broad SMARTS) is 1. The largest absolute Gasteiger partial charge is 0.478 e. The maximum Gasteiger partial charge on any atom is 0.328 e. The van der Waals surface area contributed by atoms with E-state index in [1.54, 1.807) is 6.08 Å². The number of rotatable bonds is 5. The summed E-state index contributed by atoms with van der Waals surface area (Å²) in [5.41, 5.74) is 2.04. The summed E-state index contributed by atoms with van der Waals surface area (Å²) in [6.45, 7) is 0. The van der Waals surface area contributed by atoms with Crippen molar-refractivity contribution in [3.8, 4) is 11.4 Å². The summed E-state index contributed by atoms with van der Waals surface area (Å²) < 4.78 is 0. The molecule has 0 radical (unpaired) electrons. The van der Waals surface area contributed by atoms with Gasteiger partial charge in [-0.3, -0.25) is 0 Å². The fourth-order valence-corrected chi connectivity index (χ4v) is 3.16. The molecule has 6 nitrogen and oxygen atoms in total. The predicted octanol–water partition coefficient (Wildman–Crippen LogP) is 2.62. The van der Waals surface area contributed by atoms with Gasteiger partial charge in [0.15, 0.2) is 0 Å². The molecular weight excluding hydrogens is 300 g/mol.